The van der Waals surface area contributed by atoms with Crippen molar-refractivity contribution < 1.29 is 22.8 Å². The number of nitrogens with zero attached hydrogens (tertiary/aromatic N) is 5. The number of halogens is 4. The first-order chi connectivity index (χ1) is 17.2. The van der Waals surface area contributed by atoms with Gasteiger partial charge in [0, 0.05) is 56.0 Å². The van der Waals surface area contributed by atoms with E-state index in [2.05, 4.69) is 5.10 Å². The topological polar surface area (TPSA) is 61.7 Å². The predicted octanol–water partition coefficient (Wildman–Crippen LogP) is 4.17. The molecule has 0 saturated carbocycles. The molecule has 188 valence electrons. The first kappa shape index (κ1) is 24.2. The number of rotatable bonds is 4. The van der Waals surface area contributed by atoms with Crippen LogP contribution in [0, 0.1) is 0 Å². The molecule has 0 spiro atoms. The van der Waals surface area contributed by atoms with Gasteiger partial charge in [0.15, 0.2) is 5.69 Å². The molecule has 5 rings (SSSR count). The fraction of sp³-hybridized carbons (Fsp3) is 0.320. The van der Waals surface area contributed by atoms with Gasteiger partial charge in [-0.15, -0.1) is 0 Å². The molecule has 11 heteroatoms. The third-order valence-electron chi connectivity index (χ3n) is 6.51. The maximum Gasteiger partial charge on any atom is 0.416 e. The first-order valence-electron chi connectivity index (χ1n) is 11.5. The Labute approximate surface area is 210 Å². The second-order valence-electron chi connectivity index (χ2n) is 8.78. The summed E-state index contributed by atoms with van der Waals surface area (Å²) < 4.78 is 40.7. The Balaban J connectivity index is 1.24. The molecule has 0 unspecified atom stereocenters. The zero-order valence-corrected chi connectivity index (χ0v) is 20.0. The molecular formula is C25H23ClF3N5O2. The molecule has 3 heterocycles. The normalized spacial score (nSPS) is 16.3. The lowest BCUT2D eigenvalue weighted by Crippen LogP contribution is -2.49. The van der Waals surface area contributed by atoms with Gasteiger partial charge in [0.25, 0.3) is 11.8 Å². The number of hydrogen-bond donors (Lipinski definition) is 0. The molecule has 0 aliphatic carbocycles. The van der Waals surface area contributed by atoms with Crippen LogP contribution in [0.25, 0.3) is 0 Å². The summed E-state index contributed by atoms with van der Waals surface area (Å²) >= 11 is 6.24. The molecule has 2 aromatic carbocycles. The molecule has 2 aliphatic rings. The van der Waals surface area contributed by atoms with Gasteiger partial charge in [-0.25, -0.2) is 0 Å². The monoisotopic (exact) mass is 517 g/mol. The summed E-state index contributed by atoms with van der Waals surface area (Å²) in [6.45, 7) is 2.73. The first-order valence-corrected chi connectivity index (χ1v) is 11.9. The minimum atomic E-state index is -4.41. The average Bonchev–Trinajstić information content (AvgIpc) is 3.31. The van der Waals surface area contributed by atoms with E-state index in [4.69, 9.17) is 11.6 Å². The molecule has 0 radical (unpaired) electrons. The average molecular weight is 518 g/mol. The third-order valence-corrected chi connectivity index (χ3v) is 6.88. The van der Waals surface area contributed by atoms with Crippen molar-refractivity contribution in [3.63, 3.8) is 0 Å². The highest BCUT2D eigenvalue weighted by Gasteiger charge is 2.33. The molecule has 7 nitrogen and oxygen atoms in total. The number of carbonyl (C=O) groups is 2. The van der Waals surface area contributed by atoms with Crippen molar-refractivity contribution in [2.24, 2.45) is 0 Å². The Hall–Kier alpha value is -3.53. The summed E-state index contributed by atoms with van der Waals surface area (Å²) in [4.78, 5) is 31.3. The molecule has 36 heavy (non-hydrogen) atoms. The van der Waals surface area contributed by atoms with E-state index in [0.29, 0.717) is 62.2 Å². The minimum Gasteiger partial charge on any atom is -0.368 e. The third kappa shape index (κ3) is 4.77. The molecule has 0 N–H and O–H groups in total. The number of amides is 2. The van der Waals surface area contributed by atoms with E-state index in [9.17, 15) is 22.8 Å². The smallest absolute Gasteiger partial charge is 0.368 e. The maximum absolute atomic E-state index is 13.1. The van der Waals surface area contributed by atoms with Crippen LogP contribution in [0.1, 0.15) is 32.1 Å². The van der Waals surface area contributed by atoms with Gasteiger partial charge in [0.1, 0.15) is 5.69 Å². The fourth-order valence-corrected chi connectivity index (χ4v) is 4.73. The Kier molecular flexibility index (Phi) is 6.38. The standard InChI is InChI=1S/C25H23ClF3N5O2/c26-20-7-2-1-4-17(20)16-33-12-13-34-22(24(33)36)15-21(30-34)23(35)32-10-8-31(9-11-32)19-6-3-5-18(14-19)25(27,28)29/h1-7,14-15H,8-13,16H2. The fourth-order valence-electron chi connectivity index (χ4n) is 4.53. The summed E-state index contributed by atoms with van der Waals surface area (Å²) in [6.07, 6.45) is -4.41. The van der Waals surface area contributed by atoms with Crippen molar-refractivity contribution in [1.82, 2.24) is 19.6 Å². The van der Waals surface area contributed by atoms with Gasteiger partial charge in [-0.1, -0.05) is 35.9 Å². The Morgan fingerprint density at radius 1 is 0.944 bits per heavy atom. The zero-order valence-electron chi connectivity index (χ0n) is 19.2. The van der Waals surface area contributed by atoms with Crippen molar-refractivity contribution in [3.8, 4) is 0 Å². The van der Waals surface area contributed by atoms with Crippen LogP contribution in [0.4, 0.5) is 18.9 Å². The summed E-state index contributed by atoms with van der Waals surface area (Å²) in [7, 11) is 0. The number of hydrogen-bond acceptors (Lipinski definition) is 4. The molecule has 0 bridgehead atoms. The molecule has 1 fully saturated rings. The lowest BCUT2D eigenvalue weighted by molar-refractivity contribution is -0.137. The van der Waals surface area contributed by atoms with Gasteiger partial charge in [-0.3, -0.25) is 14.3 Å². The molecule has 2 amide bonds. The lowest BCUT2D eigenvalue weighted by atomic mass is 10.1. The molecule has 1 aromatic heterocycles. The van der Waals surface area contributed by atoms with Gasteiger partial charge in [-0.05, 0) is 29.8 Å². The lowest BCUT2D eigenvalue weighted by Gasteiger charge is -2.36. The van der Waals surface area contributed by atoms with Gasteiger partial charge >= 0.3 is 6.18 Å². The van der Waals surface area contributed by atoms with Crippen LogP contribution in [0.2, 0.25) is 5.02 Å². The van der Waals surface area contributed by atoms with Crippen molar-refractivity contribution >= 4 is 29.1 Å². The highest BCUT2D eigenvalue weighted by molar-refractivity contribution is 6.31. The van der Waals surface area contributed by atoms with Crippen LogP contribution in [-0.4, -0.2) is 64.1 Å². The molecule has 1 saturated heterocycles. The second kappa shape index (κ2) is 9.50. The highest BCUT2D eigenvalue weighted by Crippen LogP contribution is 2.32. The summed E-state index contributed by atoms with van der Waals surface area (Å²) in [5, 5.41) is 4.95. The number of carbonyl (C=O) groups excluding carboxylic acids is 2. The number of alkyl halides is 3. The van der Waals surface area contributed by atoms with Crippen molar-refractivity contribution in [1.29, 1.82) is 0 Å². The maximum atomic E-state index is 13.1. The Morgan fingerprint density at radius 2 is 1.69 bits per heavy atom. The van der Waals surface area contributed by atoms with Crippen LogP contribution >= 0.6 is 11.6 Å². The predicted molar refractivity (Wildman–Crippen MR) is 128 cm³/mol. The van der Waals surface area contributed by atoms with Crippen LogP contribution in [0.15, 0.2) is 54.6 Å². The Morgan fingerprint density at radius 3 is 2.42 bits per heavy atom. The van der Waals surface area contributed by atoms with Crippen LogP contribution < -0.4 is 4.90 Å². The van der Waals surface area contributed by atoms with Gasteiger partial charge in [0.2, 0.25) is 0 Å². The molecule has 3 aromatic rings. The second-order valence-corrected chi connectivity index (χ2v) is 9.19. The molecule has 0 atom stereocenters. The summed E-state index contributed by atoms with van der Waals surface area (Å²) in [5.41, 5.74) is 1.15. The number of fused-ring (bicyclic) bond motifs is 1. The van der Waals surface area contributed by atoms with E-state index in [0.717, 1.165) is 17.7 Å². The van der Waals surface area contributed by atoms with Crippen molar-refractivity contribution in [2.75, 3.05) is 37.6 Å². The van der Waals surface area contributed by atoms with E-state index >= 15 is 0 Å². The van der Waals surface area contributed by atoms with E-state index in [1.54, 1.807) is 26.6 Å². The summed E-state index contributed by atoms with van der Waals surface area (Å²) in [6, 6.07) is 14.0. The van der Waals surface area contributed by atoms with E-state index < -0.39 is 11.7 Å². The summed E-state index contributed by atoms with van der Waals surface area (Å²) in [5.74, 6) is -0.520. The number of aromatic nitrogens is 2. The van der Waals surface area contributed by atoms with Crippen molar-refractivity contribution in [3.05, 3.63) is 82.1 Å². The number of piperazine rings is 1. The van der Waals surface area contributed by atoms with Crippen LogP contribution in [0.5, 0.6) is 0 Å². The van der Waals surface area contributed by atoms with Gasteiger partial charge in [-0.2, -0.15) is 18.3 Å². The quantitative estimate of drug-likeness (QED) is 0.521. The van der Waals surface area contributed by atoms with E-state index in [1.165, 1.54) is 12.1 Å². The zero-order chi connectivity index (χ0) is 25.4. The number of anilines is 1. The highest BCUT2D eigenvalue weighted by atomic mass is 35.5. The SMILES string of the molecule is O=C(c1cc2n(n1)CCN(Cc1ccccc1Cl)C2=O)N1CCN(c2cccc(C(F)(F)F)c2)CC1. The minimum absolute atomic E-state index is 0.186. The molecule has 2 aliphatic heterocycles. The molecular weight excluding hydrogens is 495 g/mol. The van der Waals surface area contributed by atoms with Crippen LogP contribution in [-0.2, 0) is 19.3 Å². The Bertz CT molecular complexity index is 1300. The van der Waals surface area contributed by atoms with Gasteiger partial charge < -0.3 is 14.7 Å². The van der Waals surface area contributed by atoms with Crippen molar-refractivity contribution in [2.45, 2.75) is 19.3 Å². The largest absolute Gasteiger partial charge is 0.416 e. The van der Waals surface area contributed by atoms with E-state index in [-0.39, 0.29) is 17.5 Å². The van der Waals surface area contributed by atoms with Gasteiger partial charge in [0.05, 0.1) is 12.1 Å². The number of benzene rings is 2. The van der Waals surface area contributed by atoms with Crippen LogP contribution in [0.3, 0.4) is 0 Å². The van der Waals surface area contributed by atoms with E-state index in [1.807, 2.05) is 23.1 Å².